The molecule has 0 amide bonds. The summed E-state index contributed by atoms with van der Waals surface area (Å²) in [5, 5.41) is 11.8. The van der Waals surface area contributed by atoms with E-state index in [0.717, 1.165) is 0 Å². The highest BCUT2D eigenvalue weighted by molar-refractivity contribution is 5.87. The maximum absolute atomic E-state index is 12.3. The number of rotatable bonds is 4. The average molecular weight is 351 g/mol. The summed E-state index contributed by atoms with van der Waals surface area (Å²) >= 11 is 0. The quantitative estimate of drug-likeness (QED) is 0.874. The Morgan fingerprint density at radius 2 is 1.88 bits per heavy atom. The van der Waals surface area contributed by atoms with Crippen LogP contribution >= 0.6 is 0 Å². The number of benzene rings is 2. The minimum absolute atomic E-state index is 0.145. The van der Waals surface area contributed by atoms with Crippen molar-refractivity contribution in [2.45, 2.75) is 12.6 Å². The van der Waals surface area contributed by atoms with Gasteiger partial charge >= 0.3 is 12.3 Å². The lowest BCUT2D eigenvalue weighted by Gasteiger charge is -2.14. The fourth-order valence-electron chi connectivity index (χ4n) is 2.31. The minimum atomic E-state index is -4.77. The number of ether oxygens (including phenoxy) is 2. The van der Waals surface area contributed by atoms with Crippen LogP contribution in [0, 0.1) is 0 Å². The highest BCUT2D eigenvalue weighted by Gasteiger charge is 2.31. The third-order valence-electron chi connectivity index (χ3n) is 3.42. The lowest BCUT2D eigenvalue weighted by atomic mass is 10.1. The van der Waals surface area contributed by atoms with Gasteiger partial charge in [0.25, 0.3) is 0 Å². The van der Waals surface area contributed by atoms with Crippen LogP contribution in [0.1, 0.15) is 27.7 Å². The van der Waals surface area contributed by atoms with Crippen LogP contribution in [0.3, 0.4) is 0 Å². The SMILES string of the molecule is O=C(O)c1ccc(C2NC=C(c3cccc(OC(F)(F)F)c3)O2)cc1. The number of carboxylic acids is 1. The normalized spacial score (nSPS) is 16.6. The predicted octanol–water partition coefficient (Wildman–Crippen LogP) is 3.90. The van der Waals surface area contributed by atoms with Crippen molar-refractivity contribution in [2.75, 3.05) is 0 Å². The summed E-state index contributed by atoms with van der Waals surface area (Å²) in [6, 6.07) is 11.5. The molecule has 25 heavy (non-hydrogen) atoms. The van der Waals surface area contributed by atoms with Crippen LogP contribution in [-0.4, -0.2) is 17.4 Å². The molecule has 3 rings (SSSR count). The fourth-order valence-corrected chi connectivity index (χ4v) is 2.31. The molecule has 0 radical (unpaired) electrons. The summed E-state index contributed by atoms with van der Waals surface area (Å²) in [5.41, 5.74) is 1.24. The Morgan fingerprint density at radius 3 is 2.52 bits per heavy atom. The maximum Gasteiger partial charge on any atom is 0.573 e. The van der Waals surface area contributed by atoms with Gasteiger partial charge in [0.2, 0.25) is 0 Å². The Kier molecular flexibility index (Phi) is 4.26. The molecule has 0 aliphatic carbocycles. The topological polar surface area (TPSA) is 67.8 Å². The van der Waals surface area contributed by atoms with Crippen LogP contribution in [0.25, 0.3) is 5.76 Å². The summed E-state index contributed by atoms with van der Waals surface area (Å²) in [5.74, 6) is -1.03. The molecule has 2 N–H and O–H groups in total. The molecule has 0 spiro atoms. The van der Waals surface area contributed by atoms with E-state index in [9.17, 15) is 18.0 Å². The summed E-state index contributed by atoms with van der Waals surface area (Å²) in [7, 11) is 0. The van der Waals surface area contributed by atoms with Gasteiger partial charge in [0, 0.05) is 17.3 Å². The molecule has 1 aliphatic heterocycles. The molecule has 2 aromatic carbocycles. The van der Waals surface area contributed by atoms with E-state index >= 15 is 0 Å². The van der Waals surface area contributed by atoms with Gasteiger partial charge in [-0.1, -0.05) is 24.3 Å². The molecule has 2 aromatic rings. The van der Waals surface area contributed by atoms with Crippen molar-refractivity contribution in [3.8, 4) is 5.75 Å². The van der Waals surface area contributed by atoms with Crippen molar-refractivity contribution < 1.29 is 32.5 Å². The molecule has 0 saturated carbocycles. The number of hydrogen-bond acceptors (Lipinski definition) is 4. The molecular formula is C17H12F3NO4. The number of nitrogens with one attached hydrogen (secondary N) is 1. The van der Waals surface area contributed by atoms with Crippen molar-refractivity contribution in [2.24, 2.45) is 0 Å². The van der Waals surface area contributed by atoms with Gasteiger partial charge in [-0.3, -0.25) is 0 Å². The van der Waals surface area contributed by atoms with Gasteiger partial charge in [0.05, 0.1) is 5.56 Å². The summed E-state index contributed by atoms with van der Waals surface area (Å²) < 4.78 is 46.5. The highest BCUT2D eigenvalue weighted by Crippen LogP contribution is 2.32. The van der Waals surface area contributed by atoms with E-state index in [4.69, 9.17) is 9.84 Å². The van der Waals surface area contributed by atoms with Crippen LogP contribution in [-0.2, 0) is 4.74 Å². The smallest absolute Gasteiger partial charge is 0.478 e. The average Bonchev–Trinajstić information content (AvgIpc) is 3.03. The molecule has 0 aromatic heterocycles. The predicted molar refractivity (Wildman–Crippen MR) is 81.5 cm³/mol. The molecule has 1 heterocycles. The Labute approximate surface area is 140 Å². The van der Waals surface area contributed by atoms with Crippen molar-refractivity contribution in [3.63, 3.8) is 0 Å². The van der Waals surface area contributed by atoms with E-state index in [-0.39, 0.29) is 11.3 Å². The van der Waals surface area contributed by atoms with E-state index in [2.05, 4.69) is 10.1 Å². The van der Waals surface area contributed by atoms with E-state index < -0.39 is 18.6 Å². The molecule has 0 saturated heterocycles. The number of halogens is 3. The molecule has 5 nitrogen and oxygen atoms in total. The van der Waals surface area contributed by atoms with Crippen LogP contribution in [0.5, 0.6) is 5.75 Å². The second-order valence-corrected chi connectivity index (χ2v) is 5.18. The second kappa shape index (κ2) is 6.39. The Morgan fingerprint density at radius 1 is 1.16 bits per heavy atom. The van der Waals surface area contributed by atoms with Crippen LogP contribution in [0.4, 0.5) is 13.2 Å². The number of carboxylic acid groups (broad SMARTS) is 1. The lowest BCUT2D eigenvalue weighted by molar-refractivity contribution is -0.274. The van der Waals surface area contributed by atoms with Crippen molar-refractivity contribution >= 4 is 11.7 Å². The van der Waals surface area contributed by atoms with Crippen LogP contribution in [0.2, 0.25) is 0 Å². The van der Waals surface area contributed by atoms with Crippen molar-refractivity contribution in [3.05, 3.63) is 71.4 Å². The van der Waals surface area contributed by atoms with Gasteiger partial charge in [-0.25, -0.2) is 4.79 Å². The molecule has 1 unspecified atom stereocenters. The Hall–Kier alpha value is -3.16. The summed E-state index contributed by atoms with van der Waals surface area (Å²) in [6.45, 7) is 0. The van der Waals surface area contributed by atoms with Gasteiger partial charge < -0.3 is 19.9 Å². The number of carbonyl (C=O) groups is 1. The monoisotopic (exact) mass is 351 g/mol. The van der Waals surface area contributed by atoms with E-state index in [1.165, 1.54) is 36.5 Å². The second-order valence-electron chi connectivity index (χ2n) is 5.18. The first kappa shape index (κ1) is 16.7. The summed E-state index contributed by atoms with van der Waals surface area (Å²) in [6.07, 6.45) is -3.80. The van der Waals surface area contributed by atoms with Gasteiger partial charge in [-0.15, -0.1) is 13.2 Å². The number of alkyl halides is 3. The summed E-state index contributed by atoms with van der Waals surface area (Å²) in [4.78, 5) is 10.9. The molecule has 1 atom stereocenters. The van der Waals surface area contributed by atoms with Gasteiger partial charge in [0.1, 0.15) is 11.5 Å². The van der Waals surface area contributed by atoms with Gasteiger partial charge in [-0.2, -0.15) is 0 Å². The lowest BCUT2D eigenvalue weighted by Crippen LogP contribution is -2.17. The molecule has 0 bridgehead atoms. The Balaban J connectivity index is 1.72. The molecular weight excluding hydrogens is 339 g/mol. The standard InChI is InChI=1S/C17H12F3NO4/c18-17(19,20)25-13-3-1-2-12(8-13)14-9-21-15(24-14)10-4-6-11(7-5-10)16(22)23/h1-9,15,21H,(H,22,23). The molecule has 0 fully saturated rings. The van der Waals surface area contributed by atoms with Crippen LogP contribution in [0.15, 0.2) is 54.7 Å². The van der Waals surface area contributed by atoms with Crippen molar-refractivity contribution in [1.82, 2.24) is 5.32 Å². The Bertz CT molecular complexity index is 815. The zero-order valence-corrected chi connectivity index (χ0v) is 12.6. The first-order chi connectivity index (χ1) is 11.8. The van der Waals surface area contributed by atoms with Gasteiger partial charge in [-0.05, 0) is 24.3 Å². The molecule has 130 valence electrons. The van der Waals surface area contributed by atoms with E-state index in [1.807, 2.05) is 0 Å². The van der Waals surface area contributed by atoms with Gasteiger partial charge in [0.15, 0.2) is 6.23 Å². The maximum atomic E-state index is 12.3. The van der Waals surface area contributed by atoms with E-state index in [1.54, 1.807) is 18.2 Å². The first-order valence-corrected chi connectivity index (χ1v) is 7.14. The van der Waals surface area contributed by atoms with E-state index in [0.29, 0.717) is 16.9 Å². The third kappa shape index (κ3) is 4.03. The fraction of sp³-hybridized carbons (Fsp3) is 0.118. The zero-order valence-electron chi connectivity index (χ0n) is 12.6. The number of hydrogen-bond donors (Lipinski definition) is 2. The first-order valence-electron chi connectivity index (χ1n) is 7.14. The number of aromatic carboxylic acids is 1. The molecule has 1 aliphatic rings. The molecule has 8 heteroatoms. The highest BCUT2D eigenvalue weighted by atomic mass is 19.4. The third-order valence-corrected chi connectivity index (χ3v) is 3.42. The minimum Gasteiger partial charge on any atom is -0.478 e. The van der Waals surface area contributed by atoms with Crippen molar-refractivity contribution in [1.29, 1.82) is 0 Å². The zero-order chi connectivity index (χ0) is 18.0. The largest absolute Gasteiger partial charge is 0.573 e. The van der Waals surface area contributed by atoms with Crippen LogP contribution < -0.4 is 10.1 Å².